The lowest BCUT2D eigenvalue weighted by atomic mass is 10.2. The van der Waals surface area contributed by atoms with Crippen LogP contribution in [0.1, 0.15) is 16.6 Å². The molecule has 6 heteroatoms. The van der Waals surface area contributed by atoms with Gasteiger partial charge in [-0.3, -0.25) is 20.8 Å². The minimum absolute atomic E-state index is 0.129. The molecule has 2 aromatic rings. The Kier molecular flexibility index (Phi) is 2.78. The predicted molar refractivity (Wildman–Crippen MR) is 53.3 cm³/mol. The number of hydrogen-bond donors (Lipinski definition) is 2. The van der Waals surface area contributed by atoms with Crippen LogP contribution in [0.2, 0.25) is 0 Å². The summed E-state index contributed by atoms with van der Waals surface area (Å²) >= 11 is 1.53. The van der Waals surface area contributed by atoms with Gasteiger partial charge in [0.1, 0.15) is 6.04 Å². The van der Waals surface area contributed by atoms with Crippen molar-refractivity contribution in [3.8, 4) is 0 Å². The number of nitrogens with zero attached hydrogens (tertiary/aromatic N) is 3. The molecule has 0 spiro atoms. The first kappa shape index (κ1) is 9.20. The van der Waals surface area contributed by atoms with E-state index in [1.807, 2.05) is 0 Å². The molecule has 0 amide bonds. The van der Waals surface area contributed by atoms with E-state index in [2.05, 4.69) is 20.4 Å². The molecule has 1 atom stereocenters. The third-order valence-electron chi connectivity index (χ3n) is 1.78. The lowest BCUT2D eigenvalue weighted by molar-refractivity contribution is 0.626. The maximum atomic E-state index is 5.46. The summed E-state index contributed by atoms with van der Waals surface area (Å²) in [5.41, 5.74) is 5.24. The lowest BCUT2D eigenvalue weighted by Gasteiger charge is -2.11. The Morgan fingerprint density at radius 1 is 1.29 bits per heavy atom. The Hall–Kier alpha value is -1.37. The number of hydrogen-bond acceptors (Lipinski definition) is 6. The molecule has 0 aliphatic carbocycles. The molecule has 0 saturated heterocycles. The number of nitrogens with one attached hydrogen (secondary N) is 1. The average Bonchev–Trinajstić information content (AvgIpc) is 2.74. The van der Waals surface area contributed by atoms with E-state index in [-0.39, 0.29) is 6.04 Å². The lowest BCUT2D eigenvalue weighted by Crippen LogP contribution is -2.28. The largest absolute Gasteiger partial charge is 0.270 e. The van der Waals surface area contributed by atoms with Crippen molar-refractivity contribution >= 4 is 11.3 Å². The fraction of sp³-hybridized carbons (Fsp3) is 0.125. The van der Waals surface area contributed by atoms with Gasteiger partial charge >= 0.3 is 0 Å². The van der Waals surface area contributed by atoms with Crippen LogP contribution in [0.4, 0.5) is 0 Å². The fourth-order valence-corrected chi connectivity index (χ4v) is 1.83. The van der Waals surface area contributed by atoms with Crippen molar-refractivity contribution in [1.29, 1.82) is 0 Å². The molecule has 2 aromatic heterocycles. The summed E-state index contributed by atoms with van der Waals surface area (Å²) in [5, 5.41) is 0. The molecule has 2 heterocycles. The Morgan fingerprint density at radius 3 is 2.79 bits per heavy atom. The van der Waals surface area contributed by atoms with Gasteiger partial charge in [-0.25, -0.2) is 5.43 Å². The third-order valence-corrected chi connectivity index (χ3v) is 2.62. The molecule has 0 aliphatic heterocycles. The highest BCUT2D eigenvalue weighted by molar-refractivity contribution is 7.09. The molecule has 5 nitrogen and oxygen atoms in total. The monoisotopic (exact) mass is 207 g/mol. The topological polar surface area (TPSA) is 76.7 Å². The highest BCUT2D eigenvalue weighted by atomic mass is 32.1. The molecule has 3 N–H and O–H groups in total. The summed E-state index contributed by atoms with van der Waals surface area (Å²) in [5.74, 6) is 5.46. The molecule has 2 rings (SSSR count). The van der Waals surface area contributed by atoms with Crippen molar-refractivity contribution in [3.63, 3.8) is 0 Å². The average molecular weight is 207 g/mol. The van der Waals surface area contributed by atoms with Gasteiger partial charge in [0.15, 0.2) is 0 Å². The summed E-state index contributed by atoms with van der Waals surface area (Å²) in [6.45, 7) is 0. The van der Waals surface area contributed by atoms with E-state index in [1.54, 1.807) is 30.3 Å². The van der Waals surface area contributed by atoms with Crippen molar-refractivity contribution < 1.29 is 0 Å². The van der Waals surface area contributed by atoms with Gasteiger partial charge in [-0.15, -0.1) is 11.3 Å². The van der Waals surface area contributed by atoms with E-state index in [1.165, 1.54) is 11.3 Å². The van der Waals surface area contributed by atoms with Crippen LogP contribution < -0.4 is 11.3 Å². The smallest absolute Gasteiger partial charge is 0.100 e. The van der Waals surface area contributed by atoms with Gasteiger partial charge < -0.3 is 0 Å². The molecular weight excluding hydrogens is 198 g/mol. The minimum Gasteiger partial charge on any atom is -0.270 e. The quantitative estimate of drug-likeness (QED) is 0.565. The number of hydrazine groups is 1. The summed E-state index contributed by atoms with van der Waals surface area (Å²) in [4.78, 5) is 13.2. The normalized spacial score (nSPS) is 12.6. The first-order chi connectivity index (χ1) is 6.92. The SMILES string of the molecule is NNC(c1cnccn1)c1cncs1. The zero-order valence-corrected chi connectivity index (χ0v) is 8.11. The Bertz CT molecular complexity index is 374. The molecule has 0 saturated carbocycles. The highest BCUT2D eigenvalue weighted by Gasteiger charge is 2.14. The first-order valence-corrected chi connectivity index (χ1v) is 4.90. The van der Waals surface area contributed by atoms with E-state index >= 15 is 0 Å². The third kappa shape index (κ3) is 1.77. The predicted octanol–water partition coefficient (Wildman–Crippen LogP) is 0.486. The van der Waals surface area contributed by atoms with Crippen molar-refractivity contribution in [3.05, 3.63) is 40.9 Å². The fourth-order valence-electron chi connectivity index (χ4n) is 1.14. The minimum atomic E-state index is -0.129. The number of rotatable bonds is 3. The van der Waals surface area contributed by atoms with Crippen molar-refractivity contribution in [1.82, 2.24) is 20.4 Å². The maximum Gasteiger partial charge on any atom is 0.100 e. The number of nitrogens with two attached hydrogens (primary N) is 1. The molecule has 1 unspecified atom stereocenters. The molecule has 0 aromatic carbocycles. The second kappa shape index (κ2) is 4.23. The number of thiazole rings is 1. The molecule has 0 fully saturated rings. The standard InChI is InChI=1S/C8H9N5S/c9-13-8(7-4-11-5-14-7)6-3-10-1-2-12-6/h1-5,8,13H,9H2. The highest BCUT2D eigenvalue weighted by Crippen LogP contribution is 2.21. The van der Waals surface area contributed by atoms with Crippen molar-refractivity contribution in [2.45, 2.75) is 6.04 Å². The van der Waals surface area contributed by atoms with Crippen molar-refractivity contribution in [2.75, 3.05) is 0 Å². The van der Waals surface area contributed by atoms with Crippen LogP contribution in [0.5, 0.6) is 0 Å². The van der Waals surface area contributed by atoms with E-state index in [4.69, 9.17) is 5.84 Å². The van der Waals surface area contributed by atoms with Gasteiger partial charge in [-0.1, -0.05) is 0 Å². The first-order valence-electron chi connectivity index (χ1n) is 4.02. The molecular formula is C8H9N5S. The molecule has 0 radical (unpaired) electrons. The Morgan fingerprint density at radius 2 is 2.21 bits per heavy atom. The van der Waals surface area contributed by atoms with Gasteiger partial charge in [-0.2, -0.15) is 0 Å². The molecule has 0 bridgehead atoms. The van der Waals surface area contributed by atoms with Crippen LogP contribution in [-0.2, 0) is 0 Å². The van der Waals surface area contributed by atoms with Crippen LogP contribution in [0.3, 0.4) is 0 Å². The summed E-state index contributed by atoms with van der Waals surface area (Å²) in [6.07, 6.45) is 6.72. The summed E-state index contributed by atoms with van der Waals surface area (Å²) in [6, 6.07) is -0.129. The molecule has 72 valence electrons. The van der Waals surface area contributed by atoms with E-state index in [9.17, 15) is 0 Å². The van der Waals surface area contributed by atoms with Gasteiger partial charge in [-0.05, 0) is 0 Å². The van der Waals surface area contributed by atoms with Gasteiger partial charge in [0.05, 0.1) is 17.4 Å². The zero-order chi connectivity index (χ0) is 9.80. The molecule has 0 aliphatic rings. The second-order valence-electron chi connectivity index (χ2n) is 2.63. The summed E-state index contributed by atoms with van der Waals surface area (Å²) in [7, 11) is 0. The van der Waals surface area contributed by atoms with Gasteiger partial charge in [0.2, 0.25) is 0 Å². The van der Waals surface area contributed by atoms with E-state index in [0.717, 1.165) is 10.6 Å². The van der Waals surface area contributed by atoms with Gasteiger partial charge in [0, 0.05) is 23.5 Å². The molecule has 14 heavy (non-hydrogen) atoms. The van der Waals surface area contributed by atoms with Crippen LogP contribution >= 0.6 is 11.3 Å². The maximum absolute atomic E-state index is 5.46. The Labute approximate surface area is 85.0 Å². The van der Waals surface area contributed by atoms with Crippen LogP contribution in [-0.4, -0.2) is 15.0 Å². The Balaban J connectivity index is 2.31. The van der Waals surface area contributed by atoms with E-state index < -0.39 is 0 Å². The van der Waals surface area contributed by atoms with Crippen molar-refractivity contribution in [2.24, 2.45) is 5.84 Å². The zero-order valence-electron chi connectivity index (χ0n) is 7.29. The number of aromatic nitrogens is 3. The van der Waals surface area contributed by atoms with Crippen LogP contribution in [0.15, 0.2) is 30.3 Å². The van der Waals surface area contributed by atoms with Gasteiger partial charge in [0.25, 0.3) is 0 Å². The second-order valence-corrected chi connectivity index (χ2v) is 3.55. The van der Waals surface area contributed by atoms with Crippen LogP contribution in [0, 0.1) is 0 Å². The van der Waals surface area contributed by atoms with Crippen LogP contribution in [0.25, 0.3) is 0 Å². The summed E-state index contributed by atoms with van der Waals surface area (Å²) < 4.78 is 0. The van der Waals surface area contributed by atoms with E-state index in [0.29, 0.717) is 0 Å².